The molecule has 2 aromatic rings. The number of hydrogen-bond donors (Lipinski definition) is 3. The fourth-order valence-corrected chi connectivity index (χ4v) is 2.06. The molecule has 1 aromatic heterocycles. The van der Waals surface area contributed by atoms with Crippen LogP contribution in [0.5, 0.6) is 0 Å². The van der Waals surface area contributed by atoms with Gasteiger partial charge in [0.1, 0.15) is 0 Å². The number of amides is 3. The second-order valence-electron chi connectivity index (χ2n) is 6.80. The Morgan fingerprint density at radius 3 is 2.32 bits per heavy atom. The van der Waals surface area contributed by atoms with Crippen LogP contribution in [0.3, 0.4) is 0 Å². The van der Waals surface area contributed by atoms with Gasteiger partial charge in [0.2, 0.25) is 5.91 Å². The maximum Gasteiger partial charge on any atom is 0.319 e. The van der Waals surface area contributed by atoms with Crippen molar-refractivity contribution in [2.75, 3.05) is 5.32 Å². The molecule has 1 heterocycles. The monoisotopic (exact) mass is 340 g/mol. The Bertz CT molecular complexity index is 724. The Morgan fingerprint density at radius 2 is 1.64 bits per heavy atom. The zero-order chi connectivity index (χ0) is 18.3. The van der Waals surface area contributed by atoms with E-state index in [0.717, 1.165) is 11.1 Å². The van der Waals surface area contributed by atoms with Gasteiger partial charge in [-0.15, -0.1) is 0 Å². The summed E-state index contributed by atoms with van der Waals surface area (Å²) in [4.78, 5) is 27.8. The molecule has 3 N–H and O–H groups in total. The smallest absolute Gasteiger partial charge is 0.319 e. The van der Waals surface area contributed by atoms with Crippen LogP contribution in [-0.4, -0.2) is 16.9 Å². The standard InChI is InChI=1S/C19H24N4O2/c1-19(2,3)17(24)21-13-15-5-4-6-16(11-15)23-18(25)22-12-14-7-9-20-10-8-14/h4-11H,12-13H2,1-3H3,(H,21,24)(H2,22,23,25). The SMILES string of the molecule is CC(C)(C)C(=O)NCc1cccc(NC(=O)NCc2ccncc2)c1. The van der Waals surface area contributed by atoms with Crippen molar-refractivity contribution < 1.29 is 9.59 Å². The summed E-state index contributed by atoms with van der Waals surface area (Å²) < 4.78 is 0. The molecular weight excluding hydrogens is 316 g/mol. The molecule has 0 aliphatic rings. The van der Waals surface area contributed by atoms with Gasteiger partial charge in [-0.1, -0.05) is 32.9 Å². The van der Waals surface area contributed by atoms with Gasteiger partial charge in [-0.25, -0.2) is 4.79 Å². The molecule has 0 spiro atoms. The van der Waals surface area contributed by atoms with E-state index in [-0.39, 0.29) is 11.9 Å². The first-order valence-electron chi connectivity index (χ1n) is 8.15. The van der Waals surface area contributed by atoms with Crippen LogP contribution in [0, 0.1) is 5.41 Å². The molecule has 6 heteroatoms. The van der Waals surface area contributed by atoms with Crippen molar-refractivity contribution in [3.8, 4) is 0 Å². The number of nitrogens with zero attached hydrogens (tertiary/aromatic N) is 1. The molecule has 0 atom stereocenters. The van der Waals surface area contributed by atoms with Gasteiger partial charge in [-0.2, -0.15) is 0 Å². The zero-order valence-electron chi connectivity index (χ0n) is 14.8. The fraction of sp³-hybridized carbons (Fsp3) is 0.316. The highest BCUT2D eigenvalue weighted by molar-refractivity contribution is 5.89. The lowest BCUT2D eigenvalue weighted by Gasteiger charge is -2.17. The molecular formula is C19H24N4O2. The van der Waals surface area contributed by atoms with Gasteiger partial charge < -0.3 is 16.0 Å². The van der Waals surface area contributed by atoms with Crippen molar-refractivity contribution >= 4 is 17.6 Å². The van der Waals surface area contributed by atoms with Crippen LogP contribution in [0.4, 0.5) is 10.5 Å². The number of urea groups is 1. The summed E-state index contributed by atoms with van der Waals surface area (Å²) in [5.41, 5.74) is 2.14. The minimum atomic E-state index is -0.428. The highest BCUT2D eigenvalue weighted by Gasteiger charge is 2.20. The number of benzene rings is 1. The van der Waals surface area contributed by atoms with Gasteiger partial charge in [-0.05, 0) is 35.4 Å². The Labute approximate surface area is 148 Å². The molecule has 0 saturated heterocycles. The van der Waals surface area contributed by atoms with E-state index < -0.39 is 5.41 Å². The van der Waals surface area contributed by atoms with E-state index in [1.165, 1.54) is 0 Å². The Kier molecular flexibility index (Phi) is 6.11. The van der Waals surface area contributed by atoms with E-state index in [1.807, 2.05) is 51.1 Å². The van der Waals surface area contributed by atoms with Gasteiger partial charge in [0.15, 0.2) is 0 Å². The van der Waals surface area contributed by atoms with Gasteiger partial charge in [0.05, 0.1) is 0 Å². The maximum atomic E-state index is 12.0. The van der Waals surface area contributed by atoms with E-state index >= 15 is 0 Å². The van der Waals surface area contributed by atoms with E-state index in [1.54, 1.807) is 18.5 Å². The Hall–Kier alpha value is -2.89. The van der Waals surface area contributed by atoms with Crippen molar-refractivity contribution in [2.45, 2.75) is 33.9 Å². The fourth-order valence-electron chi connectivity index (χ4n) is 2.06. The molecule has 0 fully saturated rings. The third kappa shape index (κ3) is 6.25. The molecule has 0 aliphatic heterocycles. The molecule has 0 bridgehead atoms. The largest absolute Gasteiger partial charge is 0.352 e. The Morgan fingerprint density at radius 1 is 0.960 bits per heavy atom. The van der Waals surface area contributed by atoms with Crippen molar-refractivity contribution in [3.63, 3.8) is 0 Å². The van der Waals surface area contributed by atoms with E-state index in [2.05, 4.69) is 20.9 Å². The number of nitrogens with one attached hydrogen (secondary N) is 3. The Balaban J connectivity index is 1.86. The van der Waals surface area contributed by atoms with Crippen molar-refractivity contribution in [2.24, 2.45) is 5.41 Å². The highest BCUT2D eigenvalue weighted by atomic mass is 16.2. The summed E-state index contributed by atoms with van der Waals surface area (Å²) in [5, 5.41) is 8.47. The highest BCUT2D eigenvalue weighted by Crippen LogP contribution is 2.14. The third-order valence-electron chi connectivity index (χ3n) is 3.52. The minimum absolute atomic E-state index is 0.0130. The summed E-state index contributed by atoms with van der Waals surface area (Å²) in [6.07, 6.45) is 3.37. The van der Waals surface area contributed by atoms with E-state index in [4.69, 9.17) is 0 Å². The molecule has 0 aliphatic carbocycles. The first kappa shape index (κ1) is 18.4. The number of pyridine rings is 1. The van der Waals surface area contributed by atoms with Gasteiger partial charge in [0.25, 0.3) is 0 Å². The summed E-state index contributed by atoms with van der Waals surface area (Å²) in [7, 11) is 0. The number of carbonyl (C=O) groups is 2. The van der Waals surface area contributed by atoms with Crippen molar-refractivity contribution in [1.82, 2.24) is 15.6 Å². The molecule has 3 amide bonds. The van der Waals surface area contributed by atoms with E-state index in [9.17, 15) is 9.59 Å². The zero-order valence-corrected chi connectivity index (χ0v) is 14.8. The van der Waals surface area contributed by atoms with Crippen molar-refractivity contribution in [3.05, 3.63) is 59.9 Å². The molecule has 6 nitrogen and oxygen atoms in total. The number of aromatic nitrogens is 1. The second kappa shape index (κ2) is 8.28. The summed E-state index contributed by atoms with van der Waals surface area (Å²) in [6.45, 7) is 6.45. The lowest BCUT2D eigenvalue weighted by Crippen LogP contribution is -2.34. The van der Waals surface area contributed by atoms with Gasteiger partial charge in [0, 0.05) is 36.6 Å². The lowest BCUT2D eigenvalue weighted by atomic mass is 9.95. The average Bonchev–Trinajstić information content (AvgIpc) is 2.58. The molecule has 132 valence electrons. The molecule has 1 aromatic carbocycles. The van der Waals surface area contributed by atoms with Crippen LogP contribution >= 0.6 is 0 Å². The van der Waals surface area contributed by atoms with Gasteiger partial charge in [-0.3, -0.25) is 9.78 Å². The molecule has 25 heavy (non-hydrogen) atoms. The number of rotatable bonds is 5. The molecule has 2 rings (SSSR count). The van der Waals surface area contributed by atoms with Crippen LogP contribution in [0.2, 0.25) is 0 Å². The first-order chi connectivity index (χ1) is 11.8. The summed E-state index contributed by atoms with van der Waals surface area (Å²) in [6, 6.07) is 10.8. The predicted octanol–water partition coefficient (Wildman–Crippen LogP) is 3.07. The van der Waals surface area contributed by atoms with Crippen LogP contribution in [0.25, 0.3) is 0 Å². The normalized spacial score (nSPS) is 10.8. The average molecular weight is 340 g/mol. The topological polar surface area (TPSA) is 83.1 Å². The molecule has 0 unspecified atom stereocenters. The van der Waals surface area contributed by atoms with Crippen LogP contribution in [0.1, 0.15) is 31.9 Å². The van der Waals surface area contributed by atoms with E-state index in [0.29, 0.717) is 18.8 Å². The summed E-state index contributed by atoms with van der Waals surface area (Å²) >= 11 is 0. The predicted molar refractivity (Wildman–Crippen MR) is 97.8 cm³/mol. The quantitative estimate of drug-likeness (QED) is 0.782. The number of carbonyl (C=O) groups excluding carboxylic acids is 2. The summed E-state index contributed by atoms with van der Waals surface area (Å²) in [5.74, 6) is -0.0130. The second-order valence-corrected chi connectivity index (χ2v) is 6.80. The maximum absolute atomic E-state index is 12.0. The van der Waals surface area contributed by atoms with Crippen molar-refractivity contribution in [1.29, 1.82) is 0 Å². The number of hydrogen-bond acceptors (Lipinski definition) is 3. The number of anilines is 1. The third-order valence-corrected chi connectivity index (χ3v) is 3.52. The van der Waals surface area contributed by atoms with Crippen LogP contribution in [-0.2, 0) is 17.9 Å². The molecule has 0 radical (unpaired) electrons. The minimum Gasteiger partial charge on any atom is -0.352 e. The lowest BCUT2D eigenvalue weighted by molar-refractivity contribution is -0.128. The first-order valence-corrected chi connectivity index (χ1v) is 8.15. The molecule has 0 saturated carbocycles. The van der Waals surface area contributed by atoms with Gasteiger partial charge >= 0.3 is 6.03 Å². The van der Waals surface area contributed by atoms with Crippen LogP contribution < -0.4 is 16.0 Å². The van der Waals surface area contributed by atoms with Crippen LogP contribution in [0.15, 0.2) is 48.8 Å².